The molecule has 2 rings (SSSR count). The summed E-state index contributed by atoms with van der Waals surface area (Å²) in [7, 11) is 0. The summed E-state index contributed by atoms with van der Waals surface area (Å²) in [5.74, 6) is -1.71. The molecule has 1 aliphatic heterocycles. The Labute approximate surface area is 161 Å². The largest absolute Gasteiger partial charge is 0.490 e. The molecular formula is C18H18N2O6S. The molecule has 9 heteroatoms. The van der Waals surface area contributed by atoms with Crippen LogP contribution >= 0.6 is 12.2 Å². The van der Waals surface area contributed by atoms with Gasteiger partial charge in [-0.05, 0) is 42.9 Å². The summed E-state index contributed by atoms with van der Waals surface area (Å²) in [6.45, 7) is 5.30. The second-order valence-corrected chi connectivity index (χ2v) is 5.73. The van der Waals surface area contributed by atoms with Crippen LogP contribution in [-0.4, -0.2) is 52.7 Å². The number of carbonyl (C=O) groups excluding carboxylic acids is 2. The zero-order valence-corrected chi connectivity index (χ0v) is 15.4. The van der Waals surface area contributed by atoms with Gasteiger partial charge in [-0.2, -0.15) is 0 Å². The number of carboxylic acid groups (broad SMARTS) is 1. The number of nitrogens with one attached hydrogen (secondary N) is 1. The fraction of sp³-hybridized carbons (Fsp3) is 0.222. The van der Waals surface area contributed by atoms with E-state index in [1.54, 1.807) is 19.1 Å². The summed E-state index contributed by atoms with van der Waals surface area (Å²) < 4.78 is 10.6. The van der Waals surface area contributed by atoms with Crippen LogP contribution in [0.3, 0.4) is 0 Å². The Kier molecular flexibility index (Phi) is 6.67. The van der Waals surface area contributed by atoms with Gasteiger partial charge in [-0.15, -0.1) is 6.58 Å². The molecule has 0 bridgehead atoms. The molecule has 8 nitrogen and oxygen atoms in total. The molecule has 27 heavy (non-hydrogen) atoms. The number of carboxylic acids is 1. The number of hydrogen-bond acceptors (Lipinski definition) is 6. The normalized spacial score (nSPS) is 15.5. The van der Waals surface area contributed by atoms with Crippen molar-refractivity contribution in [2.24, 2.45) is 0 Å². The van der Waals surface area contributed by atoms with Crippen LogP contribution in [0.4, 0.5) is 0 Å². The van der Waals surface area contributed by atoms with Gasteiger partial charge in [-0.1, -0.05) is 12.1 Å². The minimum atomic E-state index is -1.12. The van der Waals surface area contributed by atoms with Crippen molar-refractivity contribution in [2.45, 2.75) is 6.92 Å². The average molecular weight is 390 g/mol. The van der Waals surface area contributed by atoms with E-state index in [4.69, 9.17) is 26.8 Å². The summed E-state index contributed by atoms with van der Waals surface area (Å²) >= 11 is 5.00. The molecule has 1 saturated heterocycles. The van der Waals surface area contributed by atoms with Crippen LogP contribution in [0.25, 0.3) is 6.08 Å². The predicted octanol–water partition coefficient (Wildman–Crippen LogP) is 1.36. The molecule has 2 N–H and O–H groups in total. The van der Waals surface area contributed by atoms with Crippen LogP contribution in [0.1, 0.15) is 12.5 Å². The molecule has 1 aliphatic rings. The van der Waals surface area contributed by atoms with Crippen LogP contribution in [0.5, 0.6) is 11.5 Å². The highest BCUT2D eigenvalue weighted by molar-refractivity contribution is 7.80. The van der Waals surface area contributed by atoms with E-state index in [1.165, 1.54) is 23.1 Å². The Morgan fingerprint density at radius 2 is 2.07 bits per heavy atom. The molecule has 0 unspecified atom stereocenters. The first-order chi connectivity index (χ1) is 12.9. The number of rotatable bonds is 8. The minimum Gasteiger partial charge on any atom is -0.490 e. The van der Waals surface area contributed by atoms with E-state index in [9.17, 15) is 14.4 Å². The Morgan fingerprint density at radius 1 is 1.33 bits per heavy atom. The van der Waals surface area contributed by atoms with Gasteiger partial charge >= 0.3 is 5.97 Å². The Hall–Kier alpha value is -3.20. The van der Waals surface area contributed by atoms with Crippen molar-refractivity contribution in [1.82, 2.24) is 10.2 Å². The topological polar surface area (TPSA) is 105 Å². The lowest BCUT2D eigenvalue weighted by Crippen LogP contribution is -2.53. The number of benzene rings is 1. The Bertz CT molecular complexity index is 833. The average Bonchev–Trinajstić information content (AvgIpc) is 2.61. The lowest BCUT2D eigenvalue weighted by molar-refractivity contribution is -0.139. The number of carbonyl (C=O) groups is 3. The highest BCUT2D eigenvalue weighted by Gasteiger charge is 2.32. The molecule has 0 aromatic heterocycles. The molecule has 1 fully saturated rings. The SMILES string of the molecule is C=CCN1C(=O)/C(=C\c2ccc(OCC(=O)O)c(OCC)c2)C(=O)NC1=S. The third-order valence-electron chi connectivity index (χ3n) is 3.43. The molecule has 0 atom stereocenters. The molecule has 0 aliphatic carbocycles. The number of hydrogen-bond donors (Lipinski definition) is 2. The quantitative estimate of drug-likeness (QED) is 0.299. The zero-order valence-electron chi connectivity index (χ0n) is 14.6. The van der Waals surface area contributed by atoms with Crippen molar-refractivity contribution >= 4 is 41.2 Å². The molecule has 0 radical (unpaired) electrons. The third kappa shape index (κ3) is 4.91. The summed E-state index contributed by atoms with van der Waals surface area (Å²) in [6, 6.07) is 4.65. The van der Waals surface area contributed by atoms with Crippen LogP contribution in [0.15, 0.2) is 36.4 Å². The predicted molar refractivity (Wildman–Crippen MR) is 101 cm³/mol. The van der Waals surface area contributed by atoms with E-state index >= 15 is 0 Å². The molecule has 1 heterocycles. The molecule has 2 amide bonds. The number of nitrogens with zero attached hydrogens (tertiary/aromatic N) is 1. The van der Waals surface area contributed by atoms with E-state index in [2.05, 4.69) is 11.9 Å². The Balaban J connectivity index is 2.35. The van der Waals surface area contributed by atoms with E-state index in [-0.39, 0.29) is 23.0 Å². The van der Waals surface area contributed by atoms with Crippen molar-refractivity contribution in [1.29, 1.82) is 0 Å². The molecule has 1 aromatic rings. The highest BCUT2D eigenvalue weighted by atomic mass is 32.1. The van der Waals surface area contributed by atoms with Gasteiger partial charge in [0.1, 0.15) is 5.57 Å². The van der Waals surface area contributed by atoms with Gasteiger partial charge in [0, 0.05) is 6.54 Å². The third-order valence-corrected chi connectivity index (χ3v) is 3.75. The molecule has 142 valence electrons. The van der Waals surface area contributed by atoms with Gasteiger partial charge in [0.25, 0.3) is 11.8 Å². The summed E-state index contributed by atoms with van der Waals surface area (Å²) in [5.41, 5.74) is 0.415. The second-order valence-electron chi connectivity index (χ2n) is 5.34. The van der Waals surface area contributed by atoms with Gasteiger partial charge < -0.3 is 14.6 Å². The van der Waals surface area contributed by atoms with Crippen LogP contribution in [0.2, 0.25) is 0 Å². The lowest BCUT2D eigenvalue weighted by Gasteiger charge is -2.27. The first-order valence-corrected chi connectivity index (χ1v) is 8.39. The zero-order chi connectivity index (χ0) is 20.0. The molecule has 1 aromatic carbocycles. The number of amides is 2. The molecule has 0 spiro atoms. The first-order valence-electron chi connectivity index (χ1n) is 7.98. The van der Waals surface area contributed by atoms with Crippen molar-refractivity contribution in [2.75, 3.05) is 19.8 Å². The van der Waals surface area contributed by atoms with Crippen LogP contribution in [-0.2, 0) is 14.4 Å². The maximum absolute atomic E-state index is 12.5. The van der Waals surface area contributed by atoms with Crippen LogP contribution < -0.4 is 14.8 Å². The smallest absolute Gasteiger partial charge is 0.341 e. The minimum absolute atomic E-state index is 0.0227. The number of thiocarbonyl (C=S) groups is 1. The fourth-order valence-corrected chi connectivity index (χ4v) is 2.55. The molecule has 0 saturated carbocycles. The molecular weight excluding hydrogens is 372 g/mol. The summed E-state index contributed by atoms with van der Waals surface area (Å²) in [6.07, 6.45) is 2.90. The van der Waals surface area contributed by atoms with Gasteiger partial charge in [-0.3, -0.25) is 19.8 Å². The first kappa shape index (κ1) is 20.1. The van der Waals surface area contributed by atoms with Gasteiger partial charge in [-0.25, -0.2) is 4.79 Å². The number of ether oxygens (including phenoxy) is 2. The standard InChI is InChI=1S/C18H18N2O6S/c1-3-7-20-17(24)12(16(23)19-18(20)27)8-11-5-6-13(26-10-15(21)22)14(9-11)25-4-2/h3,5-6,8-9H,1,4,7,10H2,2H3,(H,21,22)(H,19,23,27)/b12-8-. The van der Waals surface area contributed by atoms with E-state index < -0.39 is 24.4 Å². The second kappa shape index (κ2) is 8.95. The van der Waals surface area contributed by atoms with Crippen LogP contribution in [0, 0.1) is 0 Å². The lowest BCUT2D eigenvalue weighted by atomic mass is 10.1. The van der Waals surface area contributed by atoms with Gasteiger partial charge in [0.2, 0.25) is 0 Å². The maximum atomic E-state index is 12.5. The van der Waals surface area contributed by atoms with Crippen molar-refractivity contribution < 1.29 is 29.0 Å². The number of aliphatic carboxylic acids is 1. The van der Waals surface area contributed by atoms with Crippen molar-refractivity contribution in [3.63, 3.8) is 0 Å². The van der Waals surface area contributed by atoms with E-state index in [0.717, 1.165) is 0 Å². The van der Waals surface area contributed by atoms with Crippen molar-refractivity contribution in [3.8, 4) is 11.5 Å². The summed E-state index contributed by atoms with van der Waals surface area (Å²) in [5, 5.41) is 11.2. The van der Waals surface area contributed by atoms with Gasteiger partial charge in [0.05, 0.1) is 6.61 Å². The van der Waals surface area contributed by atoms with Gasteiger partial charge in [0.15, 0.2) is 23.2 Å². The van der Waals surface area contributed by atoms with E-state index in [1.807, 2.05) is 0 Å². The van der Waals surface area contributed by atoms with Crippen molar-refractivity contribution in [3.05, 3.63) is 42.0 Å². The summed E-state index contributed by atoms with van der Waals surface area (Å²) in [4.78, 5) is 36.6. The maximum Gasteiger partial charge on any atom is 0.341 e. The fourth-order valence-electron chi connectivity index (χ4n) is 2.30. The highest BCUT2D eigenvalue weighted by Crippen LogP contribution is 2.29. The Morgan fingerprint density at radius 3 is 2.70 bits per heavy atom. The monoisotopic (exact) mass is 390 g/mol. The van der Waals surface area contributed by atoms with E-state index in [0.29, 0.717) is 17.9 Å².